The van der Waals surface area contributed by atoms with Crippen LogP contribution < -0.4 is 0 Å². The van der Waals surface area contributed by atoms with E-state index >= 15 is 0 Å². The number of carbonyl (C=O) groups excluding carboxylic acids is 1. The number of para-hydroxylation sites is 1. The van der Waals surface area contributed by atoms with Crippen LogP contribution in [0.5, 0.6) is 0 Å². The molecule has 4 nitrogen and oxygen atoms in total. The van der Waals surface area contributed by atoms with Crippen molar-refractivity contribution < 1.29 is 13.9 Å². The largest absolute Gasteiger partial charge is 0.376 e. The van der Waals surface area contributed by atoms with Crippen molar-refractivity contribution in [3.63, 3.8) is 0 Å². The van der Waals surface area contributed by atoms with E-state index in [0.717, 1.165) is 58.3 Å². The summed E-state index contributed by atoms with van der Waals surface area (Å²) in [6, 6.07) is 14.7. The van der Waals surface area contributed by atoms with Crippen LogP contribution in [0.25, 0.3) is 22.2 Å². The maximum Gasteiger partial charge on any atom is 0.250 e. The number of aryl methyl sites for hydroxylation is 1. The van der Waals surface area contributed by atoms with E-state index in [2.05, 4.69) is 23.6 Å². The van der Waals surface area contributed by atoms with Crippen molar-refractivity contribution in [2.45, 2.75) is 38.8 Å². The minimum absolute atomic E-state index is 0.0781. The van der Waals surface area contributed by atoms with Gasteiger partial charge < -0.3 is 14.2 Å². The third kappa shape index (κ3) is 3.19. The minimum Gasteiger partial charge on any atom is -0.376 e. The Labute approximate surface area is 181 Å². The van der Waals surface area contributed by atoms with E-state index in [1.807, 2.05) is 43.1 Å². The second-order valence-electron chi connectivity index (χ2n) is 8.65. The van der Waals surface area contributed by atoms with Crippen LogP contribution in [0.1, 0.15) is 38.3 Å². The summed E-state index contributed by atoms with van der Waals surface area (Å²) >= 11 is 0. The first-order chi connectivity index (χ1) is 15.0. The highest BCUT2D eigenvalue weighted by atomic mass is 19.1. The number of rotatable bonds is 4. The molecule has 160 valence electrons. The number of halogens is 1. The standard InChI is InChI=1S/C26H27FN2O2/c1-16-17(2)26(30)29(15-20-7-6-14-31-20)24(16)23-21-8-4-5-9-22(21)28(3)25(23)18-10-12-19(27)13-11-18/h4-5,8-13,20,24H,6-7,14-15H2,1-3H3/t20-,24+/m1/s1. The Kier molecular flexibility index (Phi) is 4.94. The van der Waals surface area contributed by atoms with E-state index in [9.17, 15) is 9.18 Å². The average molecular weight is 419 g/mol. The van der Waals surface area contributed by atoms with Gasteiger partial charge in [0.2, 0.25) is 5.91 Å². The predicted molar refractivity (Wildman–Crippen MR) is 120 cm³/mol. The molecule has 1 amide bonds. The van der Waals surface area contributed by atoms with Crippen LogP contribution in [0.4, 0.5) is 4.39 Å². The molecule has 1 saturated heterocycles. The molecule has 2 aliphatic rings. The first-order valence-corrected chi connectivity index (χ1v) is 10.9. The minimum atomic E-state index is -0.257. The average Bonchev–Trinajstić information content (AvgIpc) is 3.44. The monoisotopic (exact) mass is 418 g/mol. The molecular weight excluding hydrogens is 391 g/mol. The highest BCUT2D eigenvalue weighted by Crippen LogP contribution is 2.46. The van der Waals surface area contributed by atoms with Gasteiger partial charge >= 0.3 is 0 Å². The fourth-order valence-electron chi connectivity index (χ4n) is 5.16. The summed E-state index contributed by atoms with van der Waals surface area (Å²) in [4.78, 5) is 15.3. The summed E-state index contributed by atoms with van der Waals surface area (Å²) < 4.78 is 21.7. The Morgan fingerprint density at radius 2 is 1.84 bits per heavy atom. The predicted octanol–water partition coefficient (Wildman–Crippen LogP) is 5.38. The Morgan fingerprint density at radius 3 is 2.55 bits per heavy atom. The second kappa shape index (κ2) is 7.65. The molecule has 0 spiro atoms. The van der Waals surface area contributed by atoms with Crippen LogP contribution in [0.15, 0.2) is 59.7 Å². The van der Waals surface area contributed by atoms with Crippen molar-refractivity contribution in [1.29, 1.82) is 0 Å². The van der Waals surface area contributed by atoms with Crippen LogP contribution in [0.2, 0.25) is 0 Å². The number of aromatic nitrogens is 1. The van der Waals surface area contributed by atoms with E-state index in [1.54, 1.807) is 0 Å². The molecule has 2 atom stereocenters. The number of amides is 1. The van der Waals surface area contributed by atoms with Gasteiger partial charge in [-0.1, -0.05) is 18.2 Å². The van der Waals surface area contributed by atoms with Crippen LogP contribution >= 0.6 is 0 Å². The first kappa shape index (κ1) is 20.0. The van der Waals surface area contributed by atoms with E-state index in [4.69, 9.17) is 4.74 Å². The number of carbonyl (C=O) groups is 1. The molecule has 0 radical (unpaired) electrons. The van der Waals surface area contributed by atoms with Crippen LogP contribution in [0, 0.1) is 5.82 Å². The van der Waals surface area contributed by atoms with E-state index < -0.39 is 0 Å². The molecule has 31 heavy (non-hydrogen) atoms. The van der Waals surface area contributed by atoms with Crippen molar-refractivity contribution in [1.82, 2.24) is 9.47 Å². The zero-order valence-electron chi connectivity index (χ0n) is 18.2. The lowest BCUT2D eigenvalue weighted by Gasteiger charge is -2.30. The topological polar surface area (TPSA) is 34.5 Å². The van der Waals surface area contributed by atoms with Gasteiger partial charge in [-0.3, -0.25) is 4.79 Å². The maximum atomic E-state index is 13.7. The van der Waals surface area contributed by atoms with E-state index in [0.29, 0.717) is 6.54 Å². The van der Waals surface area contributed by atoms with Gasteiger partial charge in [0.15, 0.2) is 0 Å². The lowest BCUT2D eigenvalue weighted by molar-refractivity contribution is -0.128. The SMILES string of the molecule is CC1=C(C)[C@@H](c2c(-c3ccc(F)cc3)n(C)c3ccccc23)N(C[C@H]2CCCO2)C1=O. The number of ether oxygens (including phenoxy) is 1. The van der Waals surface area contributed by atoms with Gasteiger partial charge in [0.25, 0.3) is 0 Å². The summed E-state index contributed by atoms with van der Waals surface area (Å²) in [6.45, 7) is 5.33. The molecule has 5 heteroatoms. The number of hydrogen-bond acceptors (Lipinski definition) is 2. The quantitative estimate of drug-likeness (QED) is 0.570. The summed E-state index contributed by atoms with van der Waals surface area (Å²) in [5.41, 5.74) is 6.04. The van der Waals surface area contributed by atoms with E-state index in [1.165, 1.54) is 12.1 Å². The highest BCUT2D eigenvalue weighted by Gasteiger charge is 2.40. The van der Waals surface area contributed by atoms with Crippen molar-refractivity contribution >= 4 is 16.8 Å². The molecular formula is C26H27FN2O2. The zero-order valence-corrected chi connectivity index (χ0v) is 18.2. The van der Waals surface area contributed by atoms with Crippen molar-refractivity contribution in [3.05, 3.63) is 71.1 Å². The highest BCUT2D eigenvalue weighted by molar-refractivity contribution is 6.00. The number of hydrogen-bond donors (Lipinski definition) is 0. The molecule has 0 bridgehead atoms. The van der Waals surface area contributed by atoms with Crippen LogP contribution in [-0.2, 0) is 16.6 Å². The van der Waals surface area contributed by atoms with Gasteiger partial charge in [-0.05, 0) is 68.2 Å². The van der Waals surface area contributed by atoms with Gasteiger partial charge in [-0.2, -0.15) is 0 Å². The lowest BCUT2D eigenvalue weighted by Crippen LogP contribution is -2.36. The Morgan fingerprint density at radius 1 is 1.10 bits per heavy atom. The maximum absolute atomic E-state index is 13.7. The summed E-state index contributed by atoms with van der Waals surface area (Å²) in [5, 5.41) is 1.12. The molecule has 5 rings (SSSR count). The third-order valence-corrected chi connectivity index (χ3v) is 6.86. The molecule has 1 aromatic heterocycles. The zero-order chi connectivity index (χ0) is 21.7. The first-order valence-electron chi connectivity index (χ1n) is 10.9. The number of fused-ring (bicyclic) bond motifs is 1. The fraction of sp³-hybridized carbons (Fsp3) is 0.346. The number of nitrogens with zero attached hydrogens (tertiary/aromatic N) is 2. The Hall–Kier alpha value is -2.92. The van der Waals surface area contributed by atoms with E-state index in [-0.39, 0.29) is 23.9 Å². The van der Waals surface area contributed by atoms with Crippen LogP contribution in [-0.4, -0.2) is 34.6 Å². The van der Waals surface area contributed by atoms with Crippen LogP contribution in [0.3, 0.4) is 0 Å². The second-order valence-corrected chi connectivity index (χ2v) is 8.65. The third-order valence-electron chi connectivity index (χ3n) is 6.86. The van der Waals surface area contributed by atoms with Gasteiger partial charge in [-0.25, -0.2) is 4.39 Å². The Balaban J connectivity index is 1.73. The summed E-state index contributed by atoms with van der Waals surface area (Å²) in [5.74, 6) is -0.178. The van der Waals surface area contributed by atoms with Crippen molar-refractivity contribution in [2.75, 3.05) is 13.2 Å². The molecule has 3 heterocycles. The summed E-state index contributed by atoms with van der Waals surface area (Å²) in [7, 11) is 2.04. The molecule has 0 saturated carbocycles. The van der Waals surface area contributed by atoms with Gasteiger partial charge in [0.1, 0.15) is 5.82 Å². The smallest absolute Gasteiger partial charge is 0.250 e. The van der Waals surface area contributed by atoms with Gasteiger partial charge in [0.05, 0.1) is 17.8 Å². The number of benzene rings is 2. The molecule has 3 aromatic rings. The molecule has 2 aliphatic heterocycles. The van der Waals surface area contributed by atoms with Crippen molar-refractivity contribution in [2.24, 2.45) is 7.05 Å². The van der Waals surface area contributed by atoms with Crippen molar-refractivity contribution in [3.8, 4) is 11.3 Å². The van der Waals surface area contributed by atoms with Gasteiger partial charge in [0, 0.05) is 42.2 Å². The Bertz CT molecular complexity index is 1190. The molecule has 2 aromatic carbocycles. The molecule has 1 fully saturated rings. The summed E-state index contributed by atoms with van der Waals surface area (Å²) in [6.07, 6.45) is 2.10. The normalized spacial score (nSPS) is 21.7. The fourth-order valence-corrected chi connectivity index (χ4v) is 5.16. The molecule has 0 N–H and O–H groups in total. The van der Waals surface area contributed by atoms with Gasteiger partial charge in [-0.15, -0.1) is 0 Å². The molecule has 0 unspecified atom stereocenters. The lowest BCUT2D eigenvalue weighted by atomic mass is 9.93. The molecule has 0 aliphatic carbocycles.